The molecule has 0 bridgehead atoms. The smallest absolute Gasteiger partial charge is 0.407 e. The summed E-state index contributed by atoms with van der Waals surface area (Å²) in [6, 6.07) is 7.72. The molecule has 1 aromatic carbocycles. The molecule has 2 N–H and O–H groups in total. The number of nitrogens with one attached hydrogen (secondary N) is 1. The zero-order valence-electron chi connectivity index (χ0n) is 9.97. The van der Waals surface area contributed by atoms with Gasteiger partial charge in [-0.25, -0.2) is 4.79 Å². The van der Waals surface area contributed by atoms with E-state index in [0.29, 0.717) is 6.54 Å². The summed E-state index contributed by atoms with van der Waals surface area (Å²) >= 11 is 0. The molecule has 5 heteroatoms. The molecule has 94 valence electrons. The molecule has 0 saturated carbocycles. The summed E-state index contributed by atoms with van der Waals surface area (Å²) < 4.78 is 0. The first kappa shape index (κ1) is 11.1. The first-order valence-electron chi connectivity index (χ1n) is 6.20. The minimum Gasteiger partial charge on any atom is -0.465 e. The first-order valence-corrected chi connectivity index (χ1v) is 6.20. The lowest BCUT2D eigenvalue weighted by molar-refractivity contribution is 0.106. The summed E-state index contributed by atoms with van der Waals surface area (Å²) in [6.07, 6.45) is 2.01. The van der Waals surface area contributed by atoms with Crippen LogP contribution < -0.4 is 0 Å². The Morgan fingerprint density at radius 2 is 2.22 bits per heavy atom. The highest BCUT2D eigenvalue weighted by Crippen LogP contribution is 2.33. The maximum atomic E-state index is 11.3. The first-order chi connectivity index (χ1) is 8.77. The molecular weight excluding hydrogens is 230 g/mol. The maximum absolute atomic E-state index is 11.3. The number of benzene rings is 1. The van der Waals surface area contributed by atoms with Gasteiger partial charge < -0.3 is 5.11 Å². The van der Waals surface area contributed by atoms with Crippen LogP contribution in [0.4, 0.5) is 4.79 Å². The van der Waals surface area contributed by atoms with Crippen molar-refractivity contribution in [3.05, 3.63) is 30.0 Å². The minimum absolute atomic E-state index is 0.0938. The molecule has 0 aliphatic carbocycles. The molecule has 2 heterocycles. The van der Waals surface area contributed by atoms with Gasteiger partial charge >= 0.3 is 6.09 Å². The van der Waals surface area contributed by atoms with E-state index in [1.807, 2.05) is 24.3 Å². The van der Waals surface area contributed by atoms with Gasteiger partial charge in [0.2, 0.25) is 0 Å². The molecule has 1 saturated heterocycles. The second kappa shape index (κ2) is 4.33. The number of carboxylic acid groups (broad SMARTS) is 1. The van der Waals surface area contributed by atoms with Crippen LogP contribution in [0.5, 0.6) is 0 Å². The van der Waals surface area contributed by atoms with E-state index >= 15 is 0 Å². The molecule has 1 aromatic heterocycles. The van der Waals surface area contributed by atoms with Crippen LogP contribution >= 0.6 is 0 Å². The van der Waals surface area contributed by atoms with E-state index in [-0.39, 0.29) is 6.04 Å². The number of hydrogen-bond acceptors (Lipinski definition) is 2. The lowest BCUT2D eigenvalue weighted by atomic mass is 9.98. The molecule has 1 atom stereocenters. The standard InChI is InChI=1S/C13H15N3O2/c17-13(18)16-8-4-3-7-11(16)12-9-5-1-2-6-10(9)14-15-12/h1-2,5-6,11H,3-4,7-8H2,(H,14,15)(H,17,18). The molecule has 0 radical (unpaired) electrons. The fourth-order valence-corrected chi connectivity index (χ4v) is 2.69. The third-order valence-electron chi connectivity index (χ3n) is 3.57. The van der Waals surface area contributed by atoms with Gasteiger partial charge in [0.1, 0.15) is 0 Å². The van der Waals surface area contributed by atoms with Crippen molar-refractivity contribution >= 4 is 17.0 Å². The molecule has 3 rings (SSSR count). The van der Waals surface area contributed by atoms with Crippen molar-refractivity contribution in [2.75, 3.05) is 6.54 Å². The van der Waals surface area contributed by atoms with Crippen molar-refractivity contribution in [2.45, 2.75) is 25.3 Å². The van der Waals surface area contributed by atoms with Gasteiger partial charge in [0, 0.05) is 11.9 Å². The number of amides is 1. The largest absolute Gasteiger partial charge is 0.465 e. The molecule has 1 aliphatic rings. The molecule has 1 amide bonds. The number of aromatic nitrogens is 2. The van der Waals surface area contributed by atoms with Gasteiger partial charge in [-0.3, -0.25) is 10.00 Å². The van der Waals surface area contributed by atoms with E-state index in [9.17, 15) is 9.90 Å². The summed E-state index contributed by atoms with van der Waals surface area (Å²) in [6.45, 7) is 0.605. The van der Waals surface area contributed by atoms with Crippen molar-refractivity contribution in [1.29, 1.82) is 0 Å². The Labute approximate surface area is 104 Å². The monoisotopic (exact) mass is 245 g/mol. The number of rotatable bonds is 1. The zero-order valence-corrected chi connectivity index (χ0v) is 9.97. The Hall–Kier alpha value is -2.04. The van der Waals surface area contributed by atoms with Crippen molar-refractivity contribution < 1.29 is 9.90 Å². The van der Waals surface area contributed by atoms with Gasteiger partial charge in [-0.2, -0.15) is 5.10 Å². The van der Waals surface area contributed by atoms with Crippen LogP contribution in [0.3, 0.4) is 0 Å². The Morgan fingerprint density at radius 1 is 1.39 bits per heavy atom. The van der Waals surface area contributed by atoms with Crippen LogP contribution in [0, 0.1) is 0 Å². The van der Waals surface area contributed by atoms with Crippen LogP contribution in [-0.2, 0) is 0 Å². The fourth-order valence-electron chi connectivity index (χ4n) is 2.69. The summed E-state index contributed by atoms with van der Waals surface area (Å²) in [5, 5.41) is 17.6. The molecule has 1 unspecified atom stereocenters. The summed E-state index contributed by atoms with van der Waals surface area (Å²) in [7, 11) is 0. The highest BCUT2D eigenvalue weighted by atomic mass is 16.4. The number of nitrogens with zero attached hydrogens (tertiary/aromatic N) is 2. The maximum Gasteiger partial charge on any atom is 0.407 e. The predicted molar refractivity (Wildman–Crippen MR) is 67.4 cm³/mol. The quantitative estimate of drug-likeness (QED) is 0.811. The van der Waals surface area contributed by atoms with E-state index in [1.54, 1.807) is 0 Å². The third kappa shape index (κ3) is 1.72. The van der Waals surface area contributed by atoms with Gasteiger partial charge in [0.05, 0.1) is 17.3 Å². The number of H-pyrrole nitrogens is 1. The van der Waals surface area contributed by atoms with E-state index < -0.39 is 6.09 Å². The van der Waals surface area contributed by atoms with Crippen LogP contribution in [-0.4, -0.2) is 32.8 Å². The normalized spacial score (nSPS) is 20.2. The highest BCUT2D eigenvalue weighted by molar-refractivity contribution is 5.82. The highest BCUT2D eigenvalue weighted by Gasteiger charge is 2.29. The number of hydrogen-bond donors (Lipinski definition) is 2. The van der Waals surface area contributed by atoms with Crippen molar-refractivity contribution in [1.82, 2.24) is 15.1 Å². The summed E-state index contributed by atoms with van der Waals surface area (Å²) in [5.74, 6) is 0. The number of para-hydroxylation sites is 1. The van der Waals surface area contributed by atoms with Crippen LogP contribution in [0.15, 0.2) is 24.3 Å². The average Bonchev–Trinajstić information content (AvgIpc) is 2.82. The Bertz CT molecular complexity index is 578. The van der Waals surface area contributed by atoms with Crippen molar-refractivity contribution in [3.63, 3.8) is 0 Å². The Balaban J connectivity index is 2.04. The molecule has 0 spiro atoms. The number of likely N-dealkylation sites (tertiary alicyclic amines) is 1. The Morgan fingerprint density at radius 3 is 3.06 bits per heavy atom. The predicted octanol–water partition coefficient (Wildman–Crippen LogP) is 2.77. The van der Waals surface area contributed by atoms with Gasteiger partial charge in [0.15, 0.2) is 0 Å². The van der Waals surface area contributed by atoms with Crippen LogP contribution in [0.25, 0.3) is 10.9 Å². The van der Waals surface area contributed by atoms with Gasteiger partial charge in [-0.05, 0) is 25.3 Å². The van der Waals surface area contributed by atoms with E-state index in [1.165, 1.54) is 4.90 Å². The molecular formula is C13H15N3O2. The number of carbonyl (C=O) groups is 1. The molecule has 5 nitrogen and oxygen atoms in total. The molecule has 1 fully saturated rings. The summed E-state index contributed by atoms with van der Waals surface area (Å²) in [5.41, 5.74) is 1.82. The minimum atomic E-state index is -0.849. The lowest BCUT2D eigenvalue weighted by Gasteiger charge is -2.32. The summed E-state index contributed by atoms with van der Waals surface area (Å²) in [4.78, 5) is 12.8. The SMILES string of the molecule is O=C(O)N1CCCCC1c1[nH]nc2ccccc12. The number of piperidine rings is 1. The molecule has 18 heavy (non-hydrogen) atoms. The fraction of sp³-hybridized carbons (Fsp3) is 0.385. The topological polar surface area (TPSA) is 69.2 Å². The van der Waals surface area contributed by atoms with Gasteiger partial charge in [0.25, 0.3) is 0 Å². The van der Waals surface area contributed by atoms with E-state index in [0.717, 1.165) is 35.9 Å². The van der Waals surface area contributed by atoms with E-state index in [4.69, 9.17) is 0 Å². The number of fused-ring (bicyclic) bond motifs is 1. The van der Waals surface area contributed by atoms with Crippen LogP contribution in [0.2, 0.25) is 0 Å². The van der Waals surface area contributed by atoms with Crippen molar-refractivity contribution in [2.24, 2.45) is 0 Å². The number of aromatic amines is 1. The average molecular weight is 245 g/mol. The van der Waals surface area contributed by atoms with Gasteiger partial charge in [-0.15, -0.1) is 0 Å². The third-order valence-corrected chi connectivity index (χ3v) is 3.57. The Kier molecular flexibility index (Phi) is 2.66. The second-order valence-electron chi connectivity index (χ2n) is 4.64. The van der Waals surface area contributed by atoms with E-state index in [2.05, 4.69) is 10.2 Å². The zero-order chi connectivity index (χ0) is 12.5. The van der Waals surface area contributed by atoms with Crippen molar-refractivity contribution in [3.8, 4) is 0 Å². The molecule has 1 aliphatic heterocycles. The lowest BCUT2D eigenvalue weighted by Crippen LogP contribution is -2.37. The molecule has 2 aromatic rings. The van der Waals surface area contributed by atoms with Gasteiger partial charge in [-0.1, -0.05) is 18.2 Å². The van der Waals surface area contributed by atoms with Crippen LogP contribution in [0.1, 0.15) is 31.0 Å². The second-order valence-corrected chi connectivity index (χ2v) is 4.64.